The van der Waals surface area contributed by atoms with Crippen LogP contribution in [0.25, 0.3) is 0 Å². The second kappa shape index (κ2) is 5.96. The van der Waals surface area contributed by atoms with Crippen LogP contribution in [0.4, 0.5) is 5.69 Å². The predicted octanol–water partition coefficient (Wildman–Crippen LogP) is 1.18. The average Bonchev–Trinajstić information content (AvgIpc) is 2.82. The van der Waals surface area contributed by atoms with Gasteiger partial charge in [-0.3, -0.25) is 4.79 Å². The average molecular weight is 274 g/mol. The summed E-state index contributed by atoms with van der Waals surface area (Å²) in [6.45, 7) is 1.72. The van der Waals surface area contributed by atoms with Crippen LogP contribution < -0.4 is 5.32 Å². The molecule has 1 heterocycles. The number of hydrogen-bond acceptors (Lipinski definition) is 4. The van der Waals surface area contributed by atoms with E-state index < -0.39 is 5.97 Å². The SMILES string of the molecule is CCc1c(C(=O)O)nnn1CC(=O)Nc1ccccc1. The van der Waals surface area contributed by atoms with Crippen LogP contribution in [0.15, 0.2) is 30.3 Å². The van der Waals surface area contributed by atoms with E-state index >= 15 is 0 Å². The molecule has 0 spiro atoms. The Morgan fingerprint density at radius 3 is 2.60 bits per heavy atom. The molecule has 0 bridgehead atoms. The Hall–Kier alpha value is -2.70. The molecule has 7 heteroatoms. The third-order valence-electron chi connectivity index (χ3n) is 2.73. The van der Waals surface area contributed by atoms with Gasteiger partial charge in [0.1, 0.15) is 6.54 Å². The number of amides is 1. The smallest absolute Gasteiger partial charge is 0.358 e. The van der Waals surface area contributed by atoms with E-state index in [0.29, 0.717) is 17.8 Å². The van der Waals surface area contributed by atoms with Crippen LogP contribution in [0.3, 0.4) is 0 Å². The fraction of sp³-hybridized carbons (Fsp3) is 0.231. The molecule has 20 heavy (non-hydrogen) atoms. The molecule has 0 unspecified atom stereocenters. The molecule has 1 aromatic carbocycles. The Labute approximate surface area is 115 Å². The van der Waals surface area contributed by atoms with Gasteiger partial charge in [0, 0.05) is 5.69 Å². The van der Waals surface area contributed by atoms with Gasteiger partial charge >= 0.3 is 5.97 Å². The zero-order valence-corrected chi connectivity index (χ0v) is 10.9. The highest BCUT2D eigenvalue weighted by Gasteiger charge is 2.18. The molecule has 0 radical (unpaired) electrons. The molecule has 2 N–H and O–H groups in total. The van der Waals surface area contributed by atoms with E-state index in [2.05, 4.69) is 15.6 Å². The summed E-state index contributed by atoms with van der Waals surface area (Å²) < 4.78 is 1.31. The summed E-state index contributed by atoms with van der Waals surface area (Å²) in [5.41, 5.74) is 0.995. The molecular formula is C13H14N4O3. The Morgan fingerprint density at radius 1 is 1.30 bits per heavy atom. The molecular weight excluding hydrogens is 260 g/mol. The van der Waals surface area contributed by atoms with Crippen LogP contribution in [0.2, 0.25) is 0 Å². The third kappa shape index (κ3) is 3.00. The van der Waals surface area contributed by atoms with E-state index in [9.17, 15) is 9.59 Å². The number of carboxylic acid groups (broad SMARTS) is 1. The van der Waals surface area contributed by atoms with Gasteiger partial charge in [0.15, 0.2) is 5.69 Å². The normalized spacial score (nSPS) is 10.2. The number of hydrogen-bond donors (Lipinski definition) is 2. The molecule has 2 aromatic rings. The van der Waals surface area contributed by atoms with Crippen molar-refractivity contribution in [1.82, 2.24) is 15.0 Å². The monoisotopic (exact) mass is 274 g/mol. The second-order valence-electron chi connectivity index (χ2n) is 4.12. The Bertz CT molecular complexity index is 622. The van der Waals surface area contributed by atoms with E-state index in [1.54, 1.807) is 19.1 Å². The first-order valence-electron chi connectivity index (χ1n) is 6.12. The Balaban J connectivity index is 2.10. The molecule has 0 fully saturated rings. The molecule has 104 valence electrons. The minimum absolute atomic E-state index is 0.0711. The lowest BCUT2D eigenvalue weighted by Gasteiger charge is -2.06. The minimum Gasteiger partial charge on any atom is -0.476 e. The van der Waals surface area contributed by atoms with Crippen molar-refractivity contribution >= 4 is 17.6 Å². The summed E-state index contributed by atoms with van der Waals surface area (Å²) >= 11 is 0. The lowest BCUT2D eigenvalue weighted by atomic mass is 10.2. The van der Waals surface area contributed by atoms with Crippen LogP contribution in [0.1, 0.15) is 23.1 Å². The van der Waals surface area contributed by atoms with E-state index in [4.69, 9.17) is 5.11 Å². The van der Waals surface area contributed by atoms with Crippen LogP contribution >= 0.6 is 0 Å². The van der Waals surface area contributed by atoms with Crippen LogP contribution in [0, 0.1) is 0 Å². The van der Waals surface area contributed by atoms with Gasteiger partial charge in [-0.1, -0.05) is 30.3 Å². The van der Waals surface area contributed by atoms with Gasteiger partial charge in [-0.15, -0.1) is 5.10 Å². The maximum Gasteiger partial charge on any atom is 0.358 e. The largest absolute Gasteiger partial charge is 0.476 e. The zero-order chi connectivity index (χ0) is 14.5. The van der Waals surface area contributed by atoms with Gasteiger partial charge in [-0.2, -0.15) is 0 Å². The molecule has 0 saturated carbocycles. The lowest BCUT2D eigenvalue weighted by molar-refractivity contribution is -0.117. The van der Waals surface area contributed by atoms with Crippen LogP contribution in [0.5, 0.6) is 0 Å². The highest BCUT2D eigenvalue weighted by Crippen LogP contribution is 2.08. The van der Waals surface area contributed by atoms with Crippen molar-refractivity contribution in [3.05, 3.63) is 41.7 Å². The zero-order valence-electron chi connectivity index (χ0n) is 10.9. The minimum atomic E-state index is -1.14. The van der Waals surface area contributed by atoms with Gasteiger partial charge in [-0.25, -0.2) is 9.48 Å². The quantitative estimate of drug-likeness (QED) is 0.853. The molecule has 1 amide bonds. The first-order chi connectivity index (χ1) is 9.61. The van der Waals surface area contributed by atoms with E-state index in [1.165, 1.54) is 4.68 Å². The van der Waals surface area contributed by atoms with Gasteiger partial charge < -0.3 is 10.4 Å². The van der Waals surface area contributed by atoms with Crippen molar-refractivity contribution in [1.29, 1.82) is 0 Å². The Morgan fingerprint density at radius 2 is 2.00 bits per heavy atom. The molecule has 7 nitrogen and oxygen atoms in total. The molecule has 0 aliphatic rings. The highest BCUT2D eigenvalue weighted by molar-refractivity contribution is 5.91. The molecule has 2 rings (SSSR count). The number of carbonyl (C=O) groups excluding carboxylic acids is 1. The number of nitrogens with zero attached hydrogens (tertiary/aromatic N) is 3. The van der Waals surface area contributed by atoms with E-state index in [1.807, 2.05) is 18.2 Å². The summed E-state index contributed by atoms with van der Waals surface area (Å²) in [6.07, 6.45) is 0.438. The standard InChI is InChI=1S/C13H14N4O3/c1-2-10-12(13(19)20)15-16-17(10)8-11(18)14-9-6-4-3-5-7-9/h3-7H,2,8H2,1H3,(H,14,18)(H,19,20). The summed E-state index contributed by atoms with van der Waals surface area (Å²) in [5, 5.41) is 19.0. The summed E-state index contributed by atoms with van der Waals surface area (Å²) in [7, 11) is 0. The van der Waals surface area contributed by atoms with Gasteiger partial charge in [-0.05, 0) is 18.6 Å². The molecule has 0 aliphatic carbocycles. The van der Waals surface area contributed by atoms with E-state index in [-0.39, 0.29) is 18.1 Å². The van der Waals surface area contributed by atoms with Crippen molar-refractivity contribution in [2.24, 2.45) is 0 Å². The first kappa shape index (κ1) is 13.7. The van der Waals surface area contributed by atoms with Crippen LogP contribution in [-0.2, 0) is 17.8 Å². The predicted molar refractivity (Wildman–Crippen MR) is 71.4 cm³/mol. The van der Waals surface area contributed by atoms with Gasteiger partial charge in [0.2, 0.25) is 5.91 Å². The van der Waals surface area contributed by atoms with Crippen molar-refractivity contribution in [3.8, 4) is 0 Å². The molecule has 0 saturated heterocycles. The fourth-order valence-electron chi connectivity index (χ4n) is 1.83. The number of para-hydroxylation sites is 1. The van der Waals surface area contributed by atoms with Gasteiger partial charge in [0.25, 0.3) is 0 Å². The molecule has 1 aromatic heterocycles. The van der Waals surface area contributed by atoms with Crippen LogP contribution in [-0.4, -0.2) is 32.0 Å². The summed E-state index contributed by atoms with van der Waals surface area (Å²) in [5.74, 6) is -1.43. The van der Waals surface area contributed by atoms with Crippen molar-refractivity contribution in [3.63, 3.8) is 0 Å². The first-order valence-corrected chi connectivity index (χ1v) is 6.12. The van der Waals surface area contributed by atoms with Gasteiger partial charge in [0.05, 0.1) is 5.69 Å². The number of benzene rings is 1. The van der Waals surface area contributed by atoms with E-state index in [0.717, 1.165) is 0 Å². The lowest BCUT2D eigenvalue weighted by Crippen LogP contribution is -2.21. The number of rotatable bonds is 5. The molecule has 0 atom stereocenters. The van der Waals surface area contributed by atoms with Crippen molar-refractivity contribution in [2.45, 2.75) is 19.9 Å². The second-order valence-corrected chi connectivity index (χ2v) is 4.12. The Kier molecular flexibility index (Phi) is 4.09. The maximum absolute atomic E-state index is 11.9. The topological polar surface area (TPSA) is 97.1 Å². The number of nitrogens with one attached hydrogen (secondary N) is 1. The third-order valence-corrected chi connectivity index (χ3v) is 2.73. The number of anilines is 1. The highest BCUT2D eigenvalue weighted by atomic mass is 16.4. The molecule has 0 aliphatic heterocycles. The summed E-state index contributed by atoms with van der Waals surface area (Å²) in [6, 6.07) is 9.00. The number of aromatic nitrogens is 3. The van der Waals surface area contributed by atoms with Crippen molar-refractivity contribution < 1.29 is 14.7 Å². The number of aromatic carboxylic acids is 1. The number of carboxylic acids is 1. The summed E-state index contributed by atoms with van der Waals surface area (Å²) in [4.78, 5) is 22.8. The van der Waals surface area contributed by atoms with Crippen molar-refractivity contribution in [2.75, 3.05) is 5.32 Å². The number of carbonyl (C=O) groups is 2. The maximum atomic E-state index is 11.9. The fourth-order valence-corrected chi connectivity index (χ4v) is 1.83.